The maximum atomic E-state index is 13.2. The van der Waals surface area contributed by atoms with E-state index in [-0.39, 0.29) is 6.61 Å². The Hall–Kier alpha value is -1.39. The molecule has 0 saturated heterocycles. The van der Waals surface area contributed by atoms with Gasteiger partial charge in [-0.25, -0.2) is 4.39 Å². The average Bonchev–Trinajstić information content (AvgIpc) is 2.30. The maximum absolute atomic E-state index is 13.2. The predicted octanol–water partition coefficient (Wildman–Crippen LogP) is 2.46. The third-order valence-electron chi connectivity index (χ3n) is 2.24. The van der Waals surface area contributed by atoms with Crippen molar-refractivity contribution < 1.29 is 19.0 Å². The second kappa shape index (κ2) is 6.37. The standard InChI is InChI=1S/C13H17FO3/c1-9(2)8-17-13(7-15)11-6-10(14)4-5-12(11)16-3/h4-6,13,15H,1,7-8H2,2-3H3/t13-/m0/s1. The normalized spacial score (nSPS) is 12.2. The summed E-state index contributed by atoms with van der Waals surface area (Å²) in [6.45, 7) is 5.59. The summed E-state index contributed by atoms with van der Waals surface area (Å²) < 4.78 is 23.7. The summed E-state index contributed by atoms with van der Waals surface area (Å²) in [5, 5.41) is 9.27. The van der Waals surface area contributed by atoms with Crippen LogP contribution in [0.2, 0.25) is 0 Å². The summed E-state index contributed by atoms with van der Waals surface area (Å²) in [5.41, 5.74) is 1.33. The molecule has 0 fully saturated rings. The molecular weight excluding hydrogens is 223 g/mol. The van der Waals surface area contributed by atoms with Crippen molar-refractivity contribution in [2.24, 2.45) is 0 Å². The Kier molecular flexibility index (Phi) is 5.12. The van der Waals surface area contributed by atoms with Gasteiger partial charge in [0.05, 0.1) is 20.3 Å². The highest BCUT2D eigenvalue weighted by atomic mass is 19.1. The lowest BCUT2D eigenvalue weighted by Crippen LogP contribution is -2.12. The van der Waals surface area contributed by atoms with Gasteiger partial charge in [0.2, 0.25) is 0 Å². The molecule has 1 aromatic rings. The van der Waals surface area contributed by atoms with Gasteiger partial charge < -0.3 is 14.6 Å². The number of benzene rings is 1. The van der Waals surface area contributed by atoms with Crippen molar-refractivity contribution in [3.8, 4) is 5.75 Å². The molecule has 1 rings (SSSR count). The van der Waals surface area contributed by atoms with Crippen molar-refractivity contribution in [2.45, 2.75) is 13.0 Å². The molecule has 0 aliphatic rings. The Morgan fingerprint density at radius 1 is 1.53 bits per heavy atom. The van der Waals surface area contributed by atoms with Crippen LogP contribution in [-0.2, 0) is 4.74 Å². The number of rotatable bonds is 6. The fourth-order valence-corrected chi connectivity index (χ4v) is 1.44. The molecule has 0 amide bonds. The first kappa shape index (κ1) is 13.7. The molecule has 0 aliphatic carbocycles. The van der Waals surface area contributed by atoms with Crippen LogP contribution in [0, 0.1) is 5.82 Å². The first-order valence-corrected chi connectivity index (χ1v) is 5.28. The van der Waals surface area contributed by atoms with Crippen molar-refractivity contribution >= 4 is 0 Å². The molecule has 3 nitrogen and oxygen atoms in total. The summed E-state index contributed by atoms with van der Waals surface area (Å²) in [5.74, 6) is 0.102. The van der Waals surface area contributed by atoms with Crippen LogP contribution in [0.1, 0.15) is 18.6 Å². The Balaban J connectivity index is 2.93. The third-order valence-corrected chi connectivity index (χ3v) is 2.24. The van der Waals surface area contributed by atoms with Crippen LogP contribution < -0.4 is 4.74 Å². The Bertz CT molecular complexity index is 390. The van der Waals surface area contributed by atoms with E-state index >= 15 is 0 Å². The summed E-state index contributed by atoms with van der Waals surface area (Å²) in [6.07, 6.45) is -0.614. The lowest BCUT2D eigenvalue weighted by Gasteiger charge is -2.18. The van der Waals surface area contributed by atoms with Crippen LogP contribution in [-0.4, -0.2) is 25.4 Å². The van der Waals surface area contributed by atoms with E-state index in [9.17, 15) is 9.50 Å². The first-order valence-electron chi connectivity index (χ1n) is 5.28. The molecule has 17 heavy (non-hydrogen) atoms. The molecule has 0 aromatic heterocycles. The molecule has 1 atom stereocenters. The largest absolute Gasteiger partial charge is 0.496 e. The van der Waals surface area contributed by atoms with Crippen molar-refractivity contribution in [1.82, 2.24) is 0 Å². The van der Waals surface area contributed by atoms with Gasteiger partial charge in [0, 0.05) is 5.56 Å². The molecule has 0 heterocycles. The number of hydrogen-bond donors (Lipinski definition) is 1. The van der Waals surface area contributed by atoms with Gasteiger partial charge in [0.15, 0.2) is 0 Å². The van der Waals surface area contributed by atoms with Gasteiger partial charge in [-0.15, -0.1) is 0 Å². The van der Waals surface area contributed by atoms with Gasteiger partial charge in [-0.3, -0.25) is 0 Å². The molecule has 4 heteroatoms. The second-order valence-corrected chi connectivity index (χ2v) is 3.83. The molecule has 0 bridgehead atoms. The number of aliphatic hydroxyl groups is 1. The molecule has 0 unspecified atom stereocenters. The number of methoxy groups -OCH3 is 1. The molecule has 1 N–H and O–H groups in total. The molecule has 94 valence electrons. The highest BCUT2D eigenvalue weighted by molar-refractivity contribution is 5.36. The maximum Gasteiger partial charge on any atom is 0.124 e. The predicted molar refractivity (Wildman–Crippen MR) is 63.5 cm³/mol. The molecular formula is C13H17FO3. The monoisotopic (exact) mass is 240 g/mol. The van der Waals surface area contributed by atoms with E-state index in [0.29, 0.717) is 17.9 Å². The SMILES string of the molecule is C=C(C)CO[C@@H](CO)c1cc(F)ccc1OC. The minimum atomic E-state index is -0.614. The zero-order valence-corrected chi connectivity index (χ0v) is 10.1. The summed E-state index contributed by atoms with van der Waals surface area (Å²) in [4.78, 5) is 0. The Labute approximate surface area is 100 Å². The lowest BCUT2D eigenvalue weighted by molar-refractivity contribution is 0.0226. The quantitative estimate of drug-likeness (QED) is 0.776. The number of hydrogen-bond acceptors (Lipinski definition) is 3. The second-order valence-electron chi connectivity index (χ2n) is 3.83. The van der Waals surface area contributed by atoms with Gasteiger partial charge in [-0.2, -0.15) is 0 Å². The van der Waals surface area contributed by atoms with E-state index in [1.807, 2.05) is 6.92 Å². The lowest BCUT2D eigenvalue weighted by atomic mass is 10.1. The summed E-state index contributed by atoms with van der Waals surface area (Å²) in [6, 6.07) is 4.12. The first-order chi connectivity index (χ1) is 8.08. The number of ether oxygens (including phenoxy) is 2. The number of aliphatic hydroxyl groups excluding tert-OH is 1. The van der Waals surface area contributed by atoms with Crippen molar-refractivity contribution in [3.05, 3.63) is 41.7 Å². The molecule has 0 radical (unpaired) electrons. The van der Waals surface area contributed by atoms with Gasteiger partial charge in [0.25, 0.3) is 0 Å². The van der Waals surface area contributed by atoms with E-state index in [0.717, 1.165) is 5.57 Å². The van der Waals surface area contributed by atoms with E-state index in [2.05, 4.69) is 6.58 Å². The van der Waals surface area contributed by atoms with Crippen LogP contribution in [0.25, 0.3) is 0 Å². The third kappa shape index (κ3) is 3.84. The Morgan fingerprint density at radius 3 is 2.76 bits per heavy atom. The van der Waals surface area contributed by atoms with E-state index in [4.69, 9.17) is 9.47 Å². The number of halogens is 1. The topological polar surface area (TPSA) is 38.7 Å². The summed E-state index contributed by atoms with van der Waals surface area (Å²) >= 11 is 0. The summed E-state index contributed by atoms with van der Waals surface area (Å²) in [7, 11) is 1.49. The van der Waals surface area contributed by atoms with Gasteiger partial charge in [-0.05, 0) is 25.1 Å². The zero-order valence-electron chi connectivity index (χ0n) is 10.1. The van der Waals surface area contributed by atoms with Crippen molar-refractivity contribution in [1.29, 1.82) is 0 Å². The van der Waals surface area contributed by atoms with Gasteiger partial charge >= 0.3 is 0 Å². The highest BCUT2D eigenvalue weighted by Crippen LogP contribution is 2.28. The van der Waals surface area contributed by atoms with E-state index in [1.54, 1.807) is 0 Å². The van der Waals surface area contributed by atoms with Gasteiger partial charge in [-0.1, -0.05) is 12.2 Å². The molecule has 0 spiro atoms. The van der Waals surface area contributed by atoms with E-state index in [1.165, 1.54) is 25.3 Å². The fourth-order valence-electron chi connectivity index (χ4n) is 1.44. The smallest absolute Gasteiger partial charge is 0.124 e. The van der Waals surface area contributed by atoms with Crippen molar-refractivity contribution in [3.63, 3.8) is 0 Å². The minimum absolute atomic E-state index is 0.243. The minimum Gasteiger partial charge on any atom is -0.496 e. The van der Waals surface area contributed by atoms with Crippen LogP contribution >= 0.6 is 0 Å². The van der Waals surface area contributed by atoms with Crippen LogP contribution in [0.5, 0.6) is 5.75 Å². The molecule has 1 aromatic carbocycles. The van der Waals surface area contributed by atoms with Crippen molar-refractivity contribution in [2.75, 3.05) is 20.3 Å². The van der Waals surface area contributed by atoms with Crippen LogP contribution in [0.15, 0.2) is 30.4 Å². The highest BCUT2D eigenvalue weighted by Gasteiger charge is 2.16. The molecule has 0 saturated carbocycles. The van der Waals surface area contributed by atoms with Crippen LogP contribution in [0.4, 0.5) is 4.39 Å². The average molecular weight is 240 g/mol. The fraction of sp³-hybridized carbons (Fsp3) is 0.385. The molecule has 0 aliphatic heterocycles. The zero-order chi connectivity index (χ0) is 12.8. The van der Waals surface area contributed by atoms with E-state index < -0.39 is 11.9 Å². The Morgan fingerprint density at radius 2 is 2.24 bits per heavy atom. The van der Waals surface area contributed by atoms with Crippen LogP contribution in [0.3, 0.4) is 0 Å². The van der Waals surface area contributed by atoms with Gasteiger partial charge in [0.1, 0.15) is 17.7 Å².